The maximum atomic E-state index is 10.9. The van der Waals surface area contributed by atoms with Gasteiger partial charge in [-0.25, -0.2) is 0 Å². The van der Waals surface area contributed by atoms with Crippen molar-refractivity contribution in [1.82, 2.24) is 10.6 Å². The van der Waals surface area contributed by atoms with Crippen molar-refractivity contribution in [1.29, 1.82) is 0 Å². The molecule has 0 radical (unpaired) electrons. The molecule has 4 heteroatoms. The summed E-state index contributed by atoms with van der Waals surface area (Å²) in [6.07, 6.45) is 4.39. The average Bonchev–Trinajstić information content (AvgIpc) is 2.16. The summed E-state index contributed by atoms with van der Waals surface area (Å²) < 4.78 is 0. The Morgan fingerprint density at radius 2 is 1.77 bits per heavy atom. The topological polar surface area (TPSA) is 58.2 Å². The van der Waals surface area contributed by atoms with Gasteiger partial charge in [0.1, 0.15) is 0 Å². The van der Waals surface area contributed by atoms with Crippen molar-refractivity contribution < 1.29 is 9.59 Å². The van der Waals surface area contributed by atoms with Crippen LogP contribution < -0.4 is 10.6 Å². The van der Waals surface area contributed by atoms with E-state index in [9.17, 15) is 9.59 Å². The number of likely N-dealkylation sites (N-methyl/N-ethyl adjacent to an activating group) is 1. The predicted octanol–water partition coefficient (Wildman–Crippen LogP) is 0.429. The summed E-state index contributed by atoms with van der Waals surface area (Å²) in [4.78, 5) is 21.6. The quantitative estimate of drug-likeness (QED) is 0.483. The summed E-state index contributed by atoms with van der Waals surface area (Å²) in [5, 5.41) is 4.81. The Morgan fingerprint density at radius 3 is 2.31 bits per heavy atom. The molecule has 0 aliphatic rings. The highest BCUT2D eigenvalue weighted by molar-refractivity contribution is 6.34. The third-order valence-electron chi connectivity index (χ3n) is 1.75. The van der Waals surface area contributed by atoms with Gasteiger partial charge < -0.3 is 10.6 Å². The van der Waals surface area contributed by atoms with E-state index in [4.69, 9.17) is 0 Å². The molecule has 0 bridgehead atoms. The lowest BCUT2D eigenvalue weighted by Crippen LogP contribution is -2.38. The van der Waals surface area contributed by atoms with Crippen LogP contribution in [0.15, 0.2) is 0 Å². The van der Waals surface area contributed by atoms with E-state index >= 15 is 0 Å². The van der Waals surface area contributed by atoms with Crippen LogP contribution in [0.2, 0.25) is 0 Å². The number of amides is 2. The van der Waals surface area contributed by atoms with Crippen molar-refractivity contribution in [3.05, 3.63) is 0 Å². The molecule has 0 heterocycles. The maximum Gasteiger partial charge on any atom is 0.309 e. The molecule has 4 nitrogen and oxygen atoms in total. The fraction of sp³-hybridized carbons (Fsp3) is 0.778. The Hall–Kier alpha value is -1.06. The molecule has 0 atom stereocenters. The number of rotatable bonds is 5. The van der Waals surface area contributed by atoms with Crippen LogP contribution in [0.1, 0.15) is 32.6 Å². The first-order chi connectivity index (χ1) is 6.22. The first-order valence-corrected chi connectivity index (χ1v) is 4.72. The number of hydrogen-bond donors (Lipinski definition) is 2. The normalized spacial score (nSPS) is 9.38. The summed E-state index contributed by atoms with van der Waals surface area (Å²) >= 11 is 0. The summed E-state index contributed by atoms with van der Waals surface area (Å²) in [6.45, 7) is 2.72. The van der Waals surface area contributed by atoms with E-state index in [0.717, 1.165) is 12.8 Å². The Morgan fingerprint density at radius 1 is 1.08 bits per heavy atom. The first-order valence-electron chi connectivity index (χ1n) is 4.72. The van der Waals surface area contributed by atoms with Gasteiger partial charge in [0.15, 0.2) is 0 Å². The molecule has 0 aliphatic carbocycles. The van der Waals surface area contributed by atoms with Crippen LogP contribution >= 0.6 is 0 Å². The minimum atomic E-state index is -0.574. The van der Waals surface area contributed by atoms with Crippen molar-refractivity contribution >= 4 is 11.8 Å². The average molecular weight is 186 g/mol. The van der Waals surface area contributed by atoms with Crippen molar-refractivity contribution in [3.63, 3.8) is 0 Å². The van der Waals surface area contributed by atoms with E-state index in [1.807, 2.05) is 0 Å². The molecule has 0 rings (SSSR count). The summed E-state index contributed by atoms with van der Waals surface area (Å²) in [7, 11) is 1.44. The smallest absolute Gasteiger partial charge is 0.309 e. The van der Waals surface area contributed by atoms with E-state index in [2.05, 4.69) is 17.6 Å². The fourth-order valence-corrected chi connectivity index (χ4v) is 0.948. The fourth-order valence-electron chi connectivity index (χ4n) is 0.948. The predicted molar refractivity (Wildman–Crippen MR) is 51.2 cm³/mol. The van der Waals surface area contributed by atoms with Gasteiger partial charge in [-0.05, 0) is 6.42 Å². The van der Waals surface area contributed by atoms with Crippen LogP contribution in [-0.4, -0.2) is 25.4 Å². The number of carbonyl (C=O) groups is 2. The van der Waals surface area contributed by atoms with E-state index in [1.54, 1.807) is 0 Å². The number of carbonyl (C=O) groups excluding carboxylic acids is 2. The van der Waals surface area contributed by atoms with E-state index < -0.39 is 11.8 Å². The molecular weight excluding hydrogens is 168 g/mol. The first kappa shape index (κ1) is 11.9. The van der Waals surface area contributed by atoms with Crippen LogP contribution in [0.4, 0.5) is 0 Å². The van der Waals surface area contributed by atoms with Crippen molar-refractivity contribution in [2.45, 2.75) is 32.6 Å². The summed E-state index contributed by atoms with van der Waals surface area (Å²) in [6, 6.07) is 0. The molecule has 13 heavy (non-hydrogen) atoms. The summed E-state index contributed by atoms with van der Waals surface area (Å²) in [5.41, 5.74) is 0. The van der Waals surface area contributed by atoms with E-state index in [1.165, 1.54) is 19.9 Å². The van der Waals surface area contributed by atoms with E-state index in [-0.39, 0.29) is 0 Å². The highest BCUT2D eigenvalue weighted by Gasteiger charge is 2.08. The van der Waals surface area contributed by atoms with Crippen LogP contribution in [0, 0.1) is 0 Å². The molecule has 2 N–H and O–H groups in total. The van der Waals surface area contributed by atoms with Gasteiger partial charge in [0.25, 0.3) is 0 Å². The maximum absolute atomic E-state index is 10.9. The van der Waals surface area contributed by atoms with Gasteiger partial charge in [0, 0.05) is 13.6 Å². The zero-order valence-corrected chi connectivity index (χ0v) is 8.35. The zero-order chi connectivity index (χ0) is 10.1. The lowest BCUT2D eigenvalue weighted by atomic mass is 10.2. The molecule has 0 unspecified atom stereocenters. The molecule has 0 fully saturated rings. The van der Waals surface area contributed by atoms with Gasteiger partial charge in [-0.1, -0.05) is 26.2 Å². The van der Waals surface area contributed by atoms with Crippen LogP contribution in [-0.2, 0) is 9.59 Å². The molecule has 0 aromatic heterocycles. The number of nitrogens with one attached hydrogen (secondary N) is 2. The molecule has 0 saturated heterocycles. The van der Waals surface area contributed by atoms with Gasteiger partial charge in [-0.3, -0.25) is 9.59 Å². The SMILES string of the molecule is CCCCCCNC(=O)C(=O)NC. The van der Waals surface area contributed by atoms with Crippen molar-refractivity contribution in [2.24, 2.45) is 0 Å². The van der Waals surface area contributed by atoms with Gasteiger partial charge in [0.2, 0.25) is 0 Å². The largest absolute Gasteiger partial charge is 0.351 e. The Bertz CT molecular complexity index is 169. The minimum absolute atomic E-state index is 0.543. The van der Waals surface area contributed by atoms with Crippen LogP contribution in [0.5, 0.6) is 0 Å². The molecule has 2 amide bonds. The van der Waals surface area contributed by atoms with E-state index in [0.29, 0.717) is 6.54 Å². The molecule has 76 valence electrons. The lowest BCUT2D eigenvalue weighted by Gasteiger charge is -2.02. The Balaban J connectivity index is 3.32. The van der Waals surface area contributed by atoms with Crippen LogP contribution in [0.25, 0.3) is 0 Å². The highest BCUT2D eigenvalue weighted by Crippen LogP contribution is 1.96. The second-order valence-corrected chi connectivity index (χ2v) is 2.90. The standard InChI is InChI=1S/C9H18N2O2/c1-3-4-5-6-7-11-9(13)8(12)10-2/h3-7H2,1-2H3,(H,10,12)(H,11,13). The van der Waals surface area contributed by atoms with Gasteiger partial charge in [-0.2, -0.15) is 0 Å². The van der Waals surface area contributed by atoms with Crippen molar-refractivity contribution in [3.8, 4) is 0 Å². The number of hydrogen-bond acceptors (Lipinski definition) is 2. The zero-order valence-electron chi connectivity index (χ0n) is 8.35. The third kappa shape index (κ3) is 6.13. The lowest BCUT2D eigenvalue weighted by molar-refractivity contribution is -0.138. The second-order valence-electron chi connectivity index (χ2n) is 2.90. The molecular formula is C9H18N2O2. The van der Waals surface area contributed by atoms with Gasteiger partial charge >= 0.3 is 11.8 Å². The third-order valence-corrected chi connectivity index (χ3v) is 1.75. The van der Waals surface area contributed by atoms with Gasteiger partial charge in [-0.15, -0.1) is 0 Å². The Kier molecular flexibility index (Phi) is 6.96. The van der Waals surface area contributed by atoms with Gasteiger partial charge in [0.05, 0.1) is 0 Å². The second kappa shape index (κ2) is 7.58. The van der Waals surface area contributed by atoms with Crippen molar-refractivity contribution in [2.75, 3.05) is 13.6 Å². The number of unbranched alkanes of at least 4 members (excludes halogenated alkanes) is 3. The Labute approximate surface area is 79.1 Å². The molecule has 0 aromatic carbocycles. The monoisotopic (exact) mass is 186 g/mol. The minimum Gasteiger partial charge on any atom is -0.351 e. The summed E-state index contributed by atoms with van der Waals surface area (Å²) in [5.74, 6) is -1.12. The molecule has 0 saturated carbocycles. The molecule has 0 aromatic rings. The molecule has 0 aliphatic heterocycles. The highest BCUT2D eigenvalue weighted by atomic mass is 16.2. The molecule has 0 spiro atoms. The van der Waals surface area contributed by atoms with Crippen LogP contribution in [0.3, 0.4) is 0 Å².